The molecule has 1 N–H and O–H groups in total. The van der Waals surface area contributed by atoms with Crippen molar-refractivity contribution in [3.05, 3.63) is 35.4 Å². The fraction of sp³-hybridized carbons (Fsp3) is 0.526. The predicted molar refractivity (Wildman–Crippen MR) is 94.9 cm³/mol. The lowest BCUT2D eigenvalue weighted by atomic mass is 10.1. The first-order chi connectivity index (χ1) is 12.6. The first kappa shape index (κ1) is 17.0. The minimum absolute atomic E-state index is 0.0599. The van der Waals surface area contributed by atoms with E-state index in [2.05, 4.69) is 34.5 Å². The number of nitrogens with one attached hydrogen (secondary N) is 1. The van der Waals surface area contributed by atoms with Crippen LogP contribution >= 0.6 is 0 Å². The van der Waals surface area contributed by atoms with Crippen LogP contribution in [-0.4, -0.2) is 71.2 Å². The molecule has 1 aromatic carbocycles. The Morgan fingerprint density at radius 2 is 1.85 bits per heavy atom. The fourth-order valence-corrected chi connectivity index (χ4v) is 4.09. The summed E-state index contributed by atoms with van der Waals surface area (Å²) in [6.45, 7) is 4.14. The maximum atomic E-state index is 12.5. The lowest BCUT2D eigenvalue weighted by Crippen LogP contribution is -2.66. The molecule has 0 bridgehead atoms. The minimum Gasteiger partial charge on any atom is -0.345 e. The quantitative estimate of drug-likeness (QED) is 0.821. The van der Waals surface area contributed by atoms with E-state index in [1.807, 2.05) is 0 Å². The highest BCUT2D eigenvalue weighted by Crippen LogP contribution is 2.22. The molecule has 3 aliphatic heterocycles. The molecule has 3 aliphatic rings. The maximum Gasteiger partial charge on any atom is 0.245 e. The zero-order valence-electron chi connectivity index (χ0n) is 14.8. The topological polar surface area (TPSA) is 73.0 Å². The SMILES string of the molecule is O=C1NCC(=O)N2CCN(C(=O)CCCN3Cc4ccccc4C3)C[C@@H]12. The van der Waals surface area contributed by atoms with Crippen LogP contribution in [0.2, 0.25) is 0 Å². The Morgan fingerprint density at radius 3 is 2.58 bits per heavy atom. The van der Waals surface area contributed by atoms with Gasteiger partial charge < -0.3 is 15.1 Å². The highest BCUT2D eigenvalue weighted by Gasteiger charge is 2.39. The van der Waals surface area contributed by atoms with Crippen LogP contribution < -0.4 is 5.32 Å². The third kappa shape index (κ3) is 3.31. The predicted octanol–water partition coefficient (Wildman–Crippen LogP) is -0.0484. The Kier molecular flexibility index (Phi) is 4.63. The molecular weight excluding hydrogens is 332 g/mol. The summed E-state index contributed by atoms with van der Waals surface area (Å²) >= 11 is 0. The summed E-state index contributed by atoms with van der Waals surface area (Å²) in [5.41, 5.74) is 2.76. The third-order valence-corrected chi connectivity index (χ3v) is 5.54. The maximum absolute atomic E-state index is 12.5. The fourth-order valence-electron chi connectivity index (χ4n) is 4.09. The van der Waals surface area contributed by atoms with Gasteiger partial charge in [-0.2, -0.15) is 0 Å². The summed E-state index contributed by atoms with van der Waals surface area (Å²) in [6, 6.07) is 7.93. The standard InChI is InChI=1S/C19H24N4O3/c24-17(6-3-7-21-11-14-4-1-2-5-15(14)12-21)22-8-9-23-16(13-22)19(26)20-10-18(23)25/h1-2,4-5,16H,3,6-13H2,(H,20,26)/t16-/m0/s1. The summed E-state index contributed by atoms with van der Waals surface area (Å²) in [5.74, 6) is -0.139. The molecule has 138 valence electrons. The van der Waals surface area contributed by atoms with Gasteiger partial charge in [0, 0.05) is 32.6 Å². The van der Waals surface area contributed by atoms with Crippen LogP contribution in [0, 0.1) is 0 Å². The van der Waals surface area contributed by atoms with Gasteiger partial charge in [-0.3, -0.25) is 19.3 Å². The molecule has 0 spiro atoms. The molecule has 0 radical (unpaired) electrons. The van der Waals surface area contributed by atoms with Crippen molar-refractivity contribution in [2.45, 2.75) is 32.0 Å². The van der Waals surface area contributed by atoms with Crippen LogP contribution in [0.25, 0.3) is 0 Å². The normalized spacial score (nSPS) is 22.8. The number of nitrogens with zero attached hydrogens (tertiary/aromatic N) is 3. The van der Waals surface area contributed by atoms with Gasteiger partial charge in [0.25, 0.3) is 0 Å². The van der Waals surface area contributed by atoms with E-state index < -0.39 is 6.04 Å². The third-order valence-electron chi connectivity index (χ3n) is 5.54. The van der Waals surface area contributed by atoms with Crippen molar-refractivity contribution in [3.63, 3.8) is 0 Å². The van der Waals surface area contributed by atoms with E-state index in [9.17, 15) is 14.4 Å². The van der Waals surface area contributed by atoms with E-state index in [0.29, 0.717) is 26.1 Å². The molecule has 1 atom stereocenters. The van der Waals surface area contributed by atoms with Gasteiger partial charge in [0.05, 0.1) is 13.1 Å². The molecule has 2 saturated heterocycles. The van der Waals surface area contributed by atoms with Gasteiger partial charge in [-0.15, -0.1) is 0 Å². The van der Waals surface area contributed by atoms with Crippen molar-refractivity contribution in [3.8, 4) is 0 Å². The van der Waals surface area contributed by atoms with Crippen LogP contribution in [0.3, 0.4) is 0 Å². The van der Waals surface area contributed by atoms with Crippen molar-refractivity contribution < 1.29 is 14.4 Å². The molecule has 1 aromatic rings. The largest absolute Gasteiger partial charge is 0.345 e. The number of carbonyl (C=O) groups is 3. The second-order valence-electron chi connectivity index (χ2n) is 7.24. The van der Waals surface area contributed by atoms with Crippen molar-refractivity contribution in [1.82, 2.24) is 20.0 Å². The van der Waals surface area contributed by atoms with Crippen LogP contribution in [0.1, 0.15) is 24.0 Å². The molecule has 7 nitrogen and oxygen atoms in total. The number of fused-ring (bicyclic) bond motifs is 2. The first-order valence-corrected chi connectivity index (χ1v) is 9.26. The molecule has 3 heterocycles. The molecule has 7 heteroatoms. The monoisotopic (exact) mass is 356 g/mol. The highest BCUT2D eigenvalue weighted by molar-refractivity contribution is 5.95. The number of amides is 3. The van der Waals surface area contributed by atoms with Crippen LogP contribution in [0.4, 0.5) is 0 Å². The Labute approximate surface area is 152 Å². The van der Waals surface area contributed by atoms with Gasteiger partial charge in [0.1, 0.15) is 6.04 Å². The molecule has 0 aliphatic carbocycles. The molecule has 4 rings (SSSR count). The van der Waals surface area contributed by atoms with E-state index in [1.54, 1.807) is 9.80 Å². The van der Waals surface area contributed by atoms with E-state index in [0.717, 1.165) is 26.1 Å². The Bertz CT molecular complexity index is 710. The summed E-state index contributed by atoms with van der Waals surface area (Å²) < 4.78 is 0. The molecule has 0 unspecified atom stereocenters. The number of benzene rings is 1. The summed E-state index contributed by atoms with van der Waals surface area (Å²) in [7, 11) is 0. The van der Waals surface area contributed by atoms with E-state index >= 15 is 0 Å². The number of hydrogen-bond acceptors (Lipinski definition) is 4. The van der Waals surface area contributed by atoms with Crippen LogP contribution in [0.15, 0.2) is 24.3 Å². The van der Waals surface area contributed by atoms with Gasteiger partial charge in [0.2, 0.25) is 17.7 Å². The zero-order chi connectivity index (χ0) is 18.1. The minimum atomic E-state index is -0.526. The number of piperazine rings is 2. The number of hydrogen-bond donors (Lipinski definition) is 1. The second-order valence-corrected chi connectivity index (χ2v) is 7.24. The molecule has 3 amide bonds. The molecule has 2 fully saturated rings. The highest BCUT2D eigenvalue weighted by atomic mass is 16.2. The molecule has 26 heavy (non-hydrogen) atoms. The van der Waals surface area contributed by atoms with Crippen LogP contribution in [0.5, 0.6) is 0 Å². The van der Waals surface area contributed by atoms with Crippen molar-refractivity contribution >= 4 is 17.7 Å². The lowest BCUT2D eigenvalue weighted by Gasteiger charge is -2.43. The van der Waals surface area contributed by atoms with E-state index in [1.165, 1.54) is 11.1 Å². The average molecular weight is 356 g/mol. The Hall–Kier alpha value is -2.41. The van der Waals surface area contributed by atoms with Gasteiger partial charge in [-0.1, -0.05) is 24.3 Å². The second kappa shape index (κ2) is 7.07. The van der Waals surface area contributed by atoms with Gasteiger partial charge in [-0.25, -0.2) is 0 Å². The van der Waals surface area contributed by atoms with Gasteiger partial charge in [-0.05, 0) is 24.1 Å². The van der Waals surface area contributed by atoms with Crippen molar-refractivity contribution in [1.29, 1.82) is 0 Å². The van der Waals surface area contributed by atoms with Crippen molar-refractivity contribution in [2.75, 3.05) is 32.7 Å². The molecule has 0 saturated carbocycles. The zero-order valence-corrected chi connectivity index (χ0v) is 14.8. The first-order valence-electron chi connectivity index (χ1n) is 9.26. The Morgan fingerprint density at radius 1 is 1.12 bits per heavy atom. The summed E-state index contributed by atoms with van der Waals surface area (Å²) in [4.78, 5) is 42.1. The van der Waals surface area contributed by atoms with Crippen molar-refractivity contribution in [2.24, 2.45) is 0 Å². The average Bonchev–Trinajstić information content (AvgIpc) is 3.07. The van der Waals surface area contributed by atoms with E-state index in [4.69, 9.17) is 0 Å². The van der Waals surface area contributed by atoms with Gasteiger partial charge >= 0.3 is 0 Å². The Balaban J connectivity index is 1.24. The molecular formula is C19H24N4O3. The number of carbonyl (C=O) groups excluding carboxylic acids is 3. The smallest absolute Gasteiger partial charge is 0.245 e. The number of rotatable bonds is 4. The van der Waals surface area contributed by atoms with E-state index in [-0.39, 0.29) is 24.3 Å². The van der Waals surface area contributed by atoms with Gasteiger partial charge in [0.15, 0.2) is 0 Å². The summed E-state index contributed by atoms with van der Waals surface area (Å²) in [5, 5.41) is 2.60. The molecule has 0 aromatic heterocycles. The summed E-state index contributed by atoms with van der Waals surface area (Å²) in [6.07, 6.45) is 1.29. The van der Waals surface area contributed by atoms with Crippen LogP contribution in [-0.2, 0) is 27.5 Å². The lowest BCUT2D eigenvalue weighted by molar-refractivity contribution is -0.152.